The monoisotopic (exact) mass is 124 g/mol. The van der Waals surface area contributed by atoms with Gasteiger partial charge in [-0.15, -0.1) is 6.58 Å². The molecule has 0 aromatic heterocycles. The number of nitrogens with zero attached hydrogens (tertiary/aromatic N) is 1. The highest BCUT2D eigenvalue weighted by atomic mass is 14.7. The molecule has 50 valence electrons. The molecular weight excluding hydrogens is 112 g/mol. The fourth-order valence-electron chi connectivity index (χ4n) is 0.369. The van der Waals surface area contributed by atoms with Crippen LogP contribution in [0.5, 0.6) is 0 Å². The number of nitrogens with two attached hydrogens (primary N) is 1. The van der Waals surface area contributed by atoms with Crippen LogP contribution < -0.4 is 5.73 Å². The van der Waals surface area contributed by atoms with Crippen LogP contribution in [0.4, 0.5) is 0 Å². The highest BCUT2D eigenvalue weighted by molar-refractivity contribution is 5.05. The van der Waals surface area contributed by atoms with Gasteiger partial charge in [0, 0.05) is 6.04 Å². The minimum absolute atomic E-state index is 0.234. The van der Waals surface area contributed by atoms with E-state index in [9.17, 15) is 0 Å². The Morgan fingerprint density at radius 1 is 1.78 bits per heavy atom. The van der Waals surface area contributed by atoms with Crippen molar-refractivity contribution < 1.29 is 0 Å². The van der Waals surface area contributed by atoms with Crippen molar-refractivity contribution in [1.82, 2.24) is 0 Å². The van der Waals surface area contributed by atoms with Gasteiger partial charge in [-0.05, 0) is 13.8 Å². The minimum Gasteiger partial charge on any atom is -0.323 e. The molecule has 0 heterocycles. The fourth-order valence-corrected chi connectivity index (χ4v) is 0.369. The summed E-state index contributed by atoms with van der Waals surface area (Å²) in [6, 6.07) is 1.86. The summed E-state index contributed by atoms with van der Waals surface area (Å²) in [4.78, 5) is 0. The van der Waals surface area contributed by atoms with Gasteiger partial charge in [-0.3, -0.25) is 0 Å². The third-order valence-corrected chi connectivity index (χ3v) is 1.38. The first-order chi connectivity index (χ1) is 4.04. The summed E-state index contributed by atoms with van der Waals surface area (Å²) in [6.07, 6.45) is 1.59. The van der Waals surface area contributed by atoms with Gasteiger partial charge in [0.2, 0.25) is 0 Å². The Morgan fingerprint density at radius 2 is 2.22 bits per heavy atom. The molecule has 0 aliphatic heterocycles. The molecule has 0 fully saturated rings. The Morgan fingerprint density at radius 3 is 2.33 bits per heavy atom. The van der Waals surface area contributed by atoms with Gasteiger partial charge in [0.25, 0.3) is 0 Å². The first kappa shape index (κ1) is 8.19. The van der Waals surface area contributed by atoms with Gasteiger partial charge < -0.3 is 5.73 Å². The van der Waals surface area contributed by atoms with Crippen LogP contribution in [0.15, 0.2) is 12.7 Å². The lowest BCUT2D eigenvalue weighted by molar-refractivity contribution is 0.439. The van der Waals surface area contributed by atoms with E-state index < -0.39 is 5.41 Å². The standard InChI is InChI=1S/C7H12N2/c1-4-6(9)7(2,3)5-8/h4,6H,1,9H2,2-3H3/t6-/m1/s1. The molecule has 2 heteroatoms. The summed E-state index contributed by atoms with van der Waals surface area (Å²) in [6.45, 7) is 7.08. The van der Waals surface area contributed by atoms with Crippen LogP contribution in [0, 0.1) is 16.7 Å². The molecule has 0 saturated heterocycles. The summed E-state index contributed by atoms with van der Waals surface area (Å²) in [5, 5.41) is 8.52. The highest BCUT2D eigenvalue weighted by Gasteiger charge is 2.22. The maximum absolute atomic E-state index is 8.52. The van der Waals surface area contributed by atoms with E-state index in [0.29, 0.717) is 0 Å². The molecular formula is C7H12N2. The molecule has 9 heavy (non-hydrogen) atoms. The number of hydrogen-bond acceptors (Lipinski definition) is 2. The Balaban J connectivity index is 4.17. The Kier molecular flexibility index (Phi) is 2.41. The molecule has 0 radical (unpaired) electrons. The zero-order valence-electron chi connectivity index (χ0n) is 5.89. The van der Waals surface area contributed by atoms with Gasteiger partial charge >= 0.3 is 0 Å². The Hall–Kier alpha value is -0.810. The zero-order valence-corrected chi connectivity index (χ0v) is 5.89. The third kappa shape index (κ3) is 1.87. The van der Waals surface area contributed by atoms with Crippen molar-refractivity contribution in [2.75, 3.05) is 0 Å². The van der Waals surface area contributed by atoms with Crippen LogP contribution >= 0.6 is 0 Å². The smallest absolute Gasteiger partial charge is 0.0704 e. The maximum atomic E-state index is 8.52. The van der Waals surface area contributed by atoms with Crippen LogP contribution in [0.1, 0.15) is 13.8 Å². The lowest BCUT2D eigenvalue weighted by Crippen LogP contribution is -2.33. The molecule has 0 rings (SSSR count). The Bertz CT molecular complexity index is 141. The predicted molar refractivity (Wildman–Crippen MR) is 37.6 cm³/mol. The number of nitriles is 1. The first-order valence-corrected chi connectivity index (χ1v) is 2.84. The lowest BCUT2D eigenvalue weighted by Gasteiger charge is -2.19. The Labute approximate surface area is 56.0 Å². The van der Waals surface area contributed by atoms with Gasteiger partial charge in [-0.1, -0.05) is 6.08 Å². The largest absolute Gasteiger partial charge is 0.323 e. The van der Waals surface area contributed by atoms with Gasteiger partial charge in [-0.25, -0.2) is 0 Å². The molecule has 0 aliphatic carbocycles. The van der Waals surface area contributed by atoms with E-state index in [1.54, 1.807) is 19.9 Å². The summed E-state index contributed by atoms with van der Waals surface area (Å²) in [5.41, 5.74) is 5.04. The molecule has 2 N–H and O–H groups in total. The average molecular weight is 124 g/mol. The number of hydrogen-bond donors (Lipinski definition) is 1. The predicted octanol–water partition coefficient (Wildman–Crippen LogP) is 1.05. The van der Waals surface area contributed by atoms with Crippen molar-refractivity contribution in [2.24, 2.45) is 11.1 Å². The van der Waals surface area contributed by atoms with E-state index in [1.165, 1.54) is 0 Å². The van der Waals surface area contributed by atoms with E-state index in [1.807, 2.05) is 0 Å². The van der Waals surface area contributed by atoms with E-state index in [-0.39, 0.29) is 6.04 Å². The normalized spacial score (nSPS) is 14.0. The van der Waals surface area contributed by atoms with E-state index in [4.69, 9.17) is 11.0 Å². The molecule has 0 aromatic carbocycles. The molecule has 0 amide bonds. The van der Waals surface area contributed by atoms with Crippen LogP contribution in [-0.2, 0) is 0 Å². The van der Waals surface area contributed by atoms with Crippen LogP contribution in [0.3, 0.4) is 0 Å². The second kappa shape index (κ2) is 2.65. The van der Waals surface area contributed by atoms with Gasteiger partial charge in [0.05, 0.1) is 11.5 Å². The van der Waals surface area contributed by atoms with Crippen LogP contribution in [0.2, 0.25) is 0 Å². The third-order valence-electron chi connectivity index (χ3n) is 1.38. The van der Waals surface area contributed by atoms with Gasteiger partial charge in [-0.2, -0.15) is 5.26 Å². The van der Waals surface area contributed by atoms with Crippen molar-refractivity contribution >= 4 is 0 Å². The highest BCUT2D eigenvalue weighted by Crippen LogP contribution is 2.17. The van der Waals surface area contributed by atoms with Crippen molar-refractivity contribution in [2.45, 2.75) is 19.9 Å². The van der Waals surface area contributed by atoms with Gasteiger partial charge in [0.15, 0.2) is 0 Å². The minimum atomic E-state index is -0.484. The quantitative estimate of drug-likeness (QED) is 0.559. The van der Waals surface area contributed by atoms with Crippen LogP contribution in [-0.4, -0.2) is 6.04 Å². The lowest BCUT2D eigenvalue weighted by atomic mass is 9.87. The molecule has 0 bridgehead atoms. The van der Waals surface area contributed by atoms with Crippen molar-refractivity contribution in [1.29, 1.82) is 5.26 Å². The molecule has 1 atom stereocenters. The SMILES string of the molecule is C=C[C@@H](N)C(C)(C)C#N. The first-order valence-electron chi connectivity index (χ1n) is 2.84. The van der Waals surface area contributed by atoms with E-state index in [0.717, 1.165) is 0 Å². The topological polar surface area (TPSA) is 49.8 Å². The average Bonchev–Trinajstić information content (AvgIpc) is 1.86. The maximum Gasteiger partial charge on any atom is 0.0704 e. The molecule has 0 unspecified atom stereocenters. The van der Waals surface area contributed by atoms with E-state index in [2.05, 4.69) is 12.6 Å². The molecule has 0 saturated carbocycles. The molecule has 0 aromatic rings. The number of rotatable bonds is 2. The van der Waals surface area contributed by atoms with Crippen LogP contribution in [0.25, 0.3) is 0 Å². The van der Waals surface area contributed by atoms with Crippen molar-refractivity contribution in [3.63, 3.8) is 0 Å². The molecule has 0 spiro atoms. The van der Waals surface area contributed by atoms with Gasteiger partial charge in [0.1, 0.15) is 0 Å². The molecule has 0 aliphatic rings. The summed E-state index contributed by atoms with van der Waals surface area (Å²) in [7, 11) is 0. The second-order valence-electron chi connectivity index (χ2n) is 2.59. The summed E-state index contributed by atoms with van der Waals surface area (Å²) < 4.78 is 0. The summed E-state index contributed by atoms with van der Waals surface area (Å²) >= 11 is 0. The molecule has 2 nitrogen and oxygen atoms in total. The summed E-state index contributed by atoms with van der Waals surface area (Å²) in [5.74, 6) is 0. The van der Waals surface area contributed by atoms with Crippen molar-refractivity contribution in [3.8, 4) is 6.07 Å². The second-order valence-corrected chi connectivity index (χ2v) is 2.59. The van der Waals surface area contributed by atoms with E-state index >= 15 is 0 Å². The fraction of sp³-hybridized carbons (Fsp3) is 0.571. The zero-order chi connectivity index (χ0) is 7.49. The van der Waals surface area contributed by atoms with Crippen molar-refractivity contribution in [3.05, 3.63) is 12.7 Å².